The molecule has 0 radical (unpaired) electrons. The number of hydrogen-bond acceptors (Lipinski definition) is 7. The second-order valence-corrected chi connectivity index (χ2v) is 5.82. The molecule has 2 saturated heterocycles. The molecule has 0 bridgehead atoms. The molecule has 128 valence electrons. The Balaban J connectivity index is 1.84. The van der Waals surface area contributed by atoms with Crippen LogP contribution >= 0.6 is 0 Å². The summed E-state index contributed by atoms with van der Waals surface area (Å²) in [6.45, 7) is 7.11. The van der Waals surface area contributed by atoms with Crippen molar-refractivity contribution in [1.82, 2.24) is 25.3 Å². The van der Waals surface area contributed by atoms with Gasteiger partial charge in [-0.05, 0) is 6.92 Å². The first-order chi connectivity index (χ1) is 11.1. The molecule has 3 amide bonds. The number of hydrogen-bond donors (Lipinski definition) is 2. The fourth-order valence-corrected chi connectivity index (χ4v) is 3.19. The number of guanidine groups is 1. The summed E-state index contributed by atoms with van der Waals surface area (Å²) in [6, 6.07) is -0.880. The van der Waals surface area contributed by atoms with Crippen LogP contribution in [0.25, 0.3) is 0 Å². The number of nitrogens with zero attached hydrogens (tertiary/aromatic N) is 4. The van der Waals surface area contributed by atoms with Crippen molar-refractivity contribution in [3.63, 3.8) is 0 Å². The highest BCUT2D eigenvalue weighted by Gasteiger charge is 2.49. The molecule has 0 aromatic heterocycles. The lowest BCUT2D eigenvalue weighted by atomic mass is 10.1. The van der Waals surface area contributed by atoms with Gasteiger partial charge in [0.1, 0.15) is 0 Å². The van der Waals surface area contributed by atoms with E-state index in [-0.39, 0.29) is 5.91 Å². The molecule has 0 aromatic carbocycles. The molecule has 2 unspecified atom stereocenters. The van der Waals surface area contributed by atoms with Crippen LogP contribution in [-0.2, 0) is 9.53 Å². The highest BCUT2D eigenvalue weighted by molar-refractivity contribution is 6.03. The molecule has 2 fully saturated rings. The first kappa shape index (κ1) is 16.0. The molecule has 9 nitrogen and oxygen atoms in total. The van der Waals surface area contributed by atoms with Crippen molar-refractivity contribution < 1.29 is 14.3 Å². The summed E-state index contributed by atoms with van der Waals surface area (Å²) in [7, 11) is 1.67. The molecular weight excluding hydrogens is 300 g/mol. The van der Waals surface area contributed by atoms with Crippen LogP contribution in [0.4, 0.5) is 4.79 Å². The third-order valence-corrected chi connectivity index (χ3v) is 4.42. The van der Waals surface area contributed by atoms with E-state index in [0.717, 1.165) is 32.1 Å². The largest absolute Gasteiger partial charge is 0.380 e. The summed E-state index contributed by atoms with van der Waals surface area (Å²) < 4.78 is 5.45. The quantitative estimate of drug-likeness (QED) is 0.610. The molecule has 2 atom stereocenters. The Morgan fingerprint density at radius 1 is 1.30 bits per heavy atom. The van der Waals surface area contributed by atoms with Gasteiger partial charge in [0.25, 0.3) is 5.91 Å². The van der Waals surface area contributed by atoms with E-state index in [2.05, 4.69) is 15.5 Å². The topological polar surface area (TPSA) is 89.5 Å². The number of ether oxygens (including phenoxy) is 1. The molecule has 0 aromatic rings. The van der Waals surface area contributed by atoms with Crippen LogP contribution in [0.15, 0.2) is 4.99 Å². The number of carbonyl (C=O) groups excluding carboxylic acids is 2. The molecule has 0 spiro atoms. The van der Waals surface area contributed by atoms with Crippen molar-refractivity contribution in [2.45, 2.75) is 19.1 Å². The van der Waals surface area contributed by atoms with Gasteiger partial charge in [0, 0.05) is 46.4 Å². The van der Waals surface area contributed by atoms with Gasteiger partial charge in [-0.1, -0.05) is 0 Å². The third-order valence-electron chi connectivity index (χ3n) is 4.42. The SMILES string of the molecule is CCOCCN1C(N2CCNCC2)=NC2C1C(=O)NC(=O)N2C. The fourth-order valence-electron chi connectivity index (χ4n) is 3.19. The minimum absolute atomic E-state index is 0.288. The Labute approximate surface area is 135 Å². The zero-order chi connectivity index (χ0) is 16.4. The number of likely N-dealkylation sites (N-methyl/N-ethyl adjacent to an activating group) is 1. The molecule has 23 heavy (non-hydrogen) atoms. The zero-order valence-corrected chi connectivity index (χ0v) is 13.6. The summed E-state index contributed by atoms with van der Waals surface area (Å²) in [4.78, 5) is 34.6. The van der Waals surface area contributed by atoms with Gasteiger partial charge in [0.05, 0.1) is 6.61 Å². The number of urea groups is 1. The number of rotatable bonds is 4. The van der Waals surface area contributed by atoms with E-state index < -0.39 is 18.2 Å². The number of nitrogens with one attached hydrogen (secondary N) is 2. The van der Waals surface area contributed by atoms with Gasteiger partial charge in [-0.3, -0.25) is 10.1 Å². The molecule has 2 N–H and O–H groups in total. The van der Waals surface area contributed by atoms with E-state index in [1.54, 1.807) is 7.05 Å². The Hall–Kier alpha value is -1.87. The fraction of sp³-hybridized carbons (Fsp3) is 0.786. The van der Waals surface area contributed by atoms with E-state index in [0.29, 0.717) is 19.8 Å². The van der Waals surface area contributed by atoms with Crippen molar-refractivity contribution in [1.29, 1.82) is 0 Å². The number of amides is 3. The van der Waals surface area contributed by atoms with Crippen molar-refractivity contribution >= 4 is 17.9 Å². The number of carbonyl (C=O) groups is 2. The Bertz CT molecular complexity index is 505. The summed E-state index contributed by atoms with van der Waals surface area (Å²) >= 11 is 0. The molecule has 3 aliphatic rings. The number of imide groups is 1. The molecule has 3 heterocycles. The lowest BCUT2D eigenvalue weighted by Crippen LogP contribution is -2.64. The van der Waals surface area contributed by atoms with E-state index >= 15 is 0 Å². The number of fused-ring (bicyclic) bond motifs is 1. The second kappa shape index (κ2) is 6.71. The van der Waals surface area contributed by atoms with Gasteiger partial charge < -0.3 is 24.8 Å². The van der Waals surface area contributed by atoms with Gasteiger partial charge in [0.2, 0.25) is 0 Å². The average molecular weight is 324 g/mol. The molecule has 0 saturated carbocycles. The van der Waals surface area contributed by atoms with Gasteiger partial charge in [-0.15, -0.1) is 0 Å². The predicted octanol–water partition coefficient (Wildman–Crippen LogP) is -1.52. The smallest absolute Gasteiger partial charge is 0.325 e. The minimum atomic E-state index is -0.483. The average Bonchev–Trinajstić information content (AvgIpc) is 2.94. The van der Waals surface area contributed by atoms with E-state index in [1.165, 1.54) is 4.90 Å². The zero-order valence-electron chi connectivity index (χ0n) is 13.6. The standard InChI is InChI=1S/C14H24N6O3/c1-3-23-9-8-20-10-11(18(2)14(22)17-12(10)21)16-13(20)19-6-4-15-5-7-19/h10-11,15H,3-9H2,1-2H3,(H,17,21,22). The molecule has 3 aliphatic heterocycles. The van der Waals surface area contributed by atoms with E-state index in [4.69, 9.17) is 9.73 Å². The normalized spacial score (nSPS) is 27.9. The van der Waals surface area contributed by atoms with Crippen molar-refractivity contribution in [2.24, 2.45) is 4.99 Å². The lowest BCUT2D eigenvalue weighted by molar-refractivity contribution is -0.127. The van der Waals surface area contributed by atoms with Crippen LogP contribution in [0.1, 0.15) is 6.92 Å². The van der Waals surface area contributed by atoms with Gasteiger partial charge in [0.15, 0.2) is 18.2 Å². The minimum Gasteiger partial charge on any atom is -0.380 e. The maximum atomic E-state index is 12.4. The van der Waals surface area contributed by atoms with E-state index in [1.807, 2.05) is 11.8 Å². The first-order valence-corrected chi connectivity index (χ1v) is 8.09. The number of piperazine rings is 1. The van der Waals surface area contributed by atoms with Crippen LogP contribution in [-0.4, -0.2) is 97.8 Å². The summed E-state index contributed by atoms with van der Waals surface area (Å²) in [5, 5.41) is 5.71. The summed E-state index contributed by atoms with van der Waals surface area (Å²) in [5.41, 5.74) is 0. The highest BCUT2D eigenvalue weighted by Crippen LogP contribution is 2.25. The second-order valence-electron chi connectivity index (χ2n) is 5.82. The molecule has 0 aliphatic carbocycles. The molecule has 9 heteroatoms. The Kier molecular flexibility index (Phi) is 4.67. The third kappa shape index (κ3) is 2.98. The van der Waals surface area contributed by atoms with Crippen LogP contribution in [0, 0.1) is 0 Å². The first-order valence-electron chi connectivity index (χ1n) is 8.09. The van der Waals surface area contributed by atoms with Crippen molar-refractivity contribution in [3.8, 4) is 0 Å². The Morgan fingerprint density at radius 3 is 2.74 bits per heavy atom. The van der Waals surface area contributed by atoms with Gasteiger partial charge in [-0.2, -0.15) is 0 Å². The lowest BCUT2D eigenvalue weighted by Gasteiger charge is -2.38. The highest BCUT2D eigenvalue weighted by atomic mass is 16.5. The van der Waals surface area contributed by atoms with E-state index in [9.17, 15) is 9.59 Å². The molecular formula is C14H24N6O3. The van der Waals surface area contributed by atoms with Crippen LogP contribution in [0.2, 0.25) is 0 Å². The maximum absolute atomic E-state index is 12.4. The van der Waals surface area contributed by atoms with Crippen LogP contribution in [0.3, 0.4) is 0 Å². The summed E-state index contributed by atoms with van der Waals surface area (Å²) in [5.74, 6) is 0.501. The van der Waals surface area contributed by atoms with Crippen LogP contribution in [0.5, 0.6) is 0 Å². The predicted molar refractivity (Wildman–Crippen MR) is 84.0 cm³/mol. The summed E-state index contributed by atoms with van der Waals surface area (Å²) in [6.07, 6.45) is -0.470. The van der Waals surface area contributed by atoms with Gasteiger partial charge >= 0.3 is 6.03 Å². The van der Waals surface area contributed by atoms with Crippen molar-refractivity contribution in [2.75, 3.05) is 53.0 Å². The monoisotopic (exact) mass is 324 g/mol. The number of aliphatic imine (C=N–C) groups is 1. The molecule has 3 rings (SSSR count). The van der Waals surface area contributed by atoms with Crippen molar-refractivity contribution in [3.05, 3.63) is 0 Å². The maximum Gasteiger partial charge on any atom is 0.325 e. The van der Waals surface area contributed by atoms with Crippen LogP contribution < -0.4 is 10.6 Å². The Morgan fingerprint density at radius 2 is 2.04 bits per heavy atom. The van der Waals surface area contributed by atoms with Gasteiger partial charge in [-0.25, -0.2) is 9.79 Å².